The number of rotatable bonds is 4. The predicted octanol–water partition coefficient (Wildman–Crippen LogP) is 11.3. The molecule has 5 heteroatoms. The molecule has 0 bridgehead atoms. The Labute approximate surface area is 261 Å². The number of aromatic nitrogens is 3. The van der Waals surface area contributed by atoms with E-state index in [0.29, 0.717) is 5.82 Å². The molecule has 0 aliphatic carbocycles. The van der Waals surface area contributed by atoms with Crippen molar-refractivity contribution in [2.75, 3.05) is 0 Å². The normalized spacial score (nSPS) is 11.6. The molecule has 0 saturated carbocycles. The number of benzene rings is 5. The van der Waals surface area contributed by atoms with Crippen LogP contribution < -0.4 is 0 Å². The number of fused-ring (bicyclic) bond motifs is 6. The fourth-order valence-electron chi connectivity index (χ4n) is 6.13. The van der Waals surface area contributed by atoms with Crippen molar-refractivity contribution in [3.05, 3.63) is 140 Å². The van der Waals surface area contributed by atoms with E-state index in [1.165, 1.54) is 40.3 Å². The molecule has 4 heterocycles. The van der Waals surface area contributed by atoms with Crippen molar-refractivity contribution >= 4 is 63.0 Å². The summed E-state index contributed by atoms with van der Waals surface area (Å²) in [7, 11) is 0. The molecule has 0 spiro atoms. The van der Waals surface area contributed by atoms with Crippen molar-refractivity contribution in [1.82, 2.24) is 15.0 Å². The van der Waals surface area contributed by atoms with E-state index in [-0.39, 0.29) is 0 Å². The lowest BCUT2D eigenvalue weighted by Crippen LogP contribution is -1.98. The van der Waals surface area contributed by atoms with Gasteiger partial charge in [-0.05, 0) is 42.5 Å². The minimum atomic E-state index is 0.698. The number of hydrogen-bond acceptors (Lipinski definition) is 5. The number of thiophene rings is 2. The summed E-state index contributed by atoms with van der Waals surface area (Å²) in [6.07, 6.45) is 1.88. The summed E-state index contributed by atoms with van der Waals surface area (Å²) in [4.78, 5) is 15.3. The van der Waals surface area contributed by atoms with Crippen molar-refractivity contribution in [2.45, 2.75) is 0 Å². The Hall–Kier alpha value is -5.23. The first-order valence-corrected chi connectivity index (χ1v) is 16.2. The van der Waals surface area contributed by atoms with Crippen LogP contribution in [0.5, 0.6) is 0 Å². The second kappa shape index (κ2) is 10.2. The minimum absolute atomic E-state index is 0.698. The van der Waals surface area contributed by atoms with Gasteiger partial charge < -0.3 is 0 Å². The fourth-order valence-corrected chi connectivity index (χ4v) is 8.41. The quantitative estimate of drug-likeness (QED) is 0.203. The van der Waals surface area contributed by atoms with Crippen LogP contribution in [-0.4, -0.2) is 15.0 Å². The van der Waals surface area contributed by atoms with Gasteiger partial charge in [-0.2, -0.15) is 0 Å². The van der Waals surface area contributed by atoms with Gasteiger partial charge in [-0.1, -0.05) is 91.0 Å². The summed E-state index contributed by atoms with van der Waals surface area (Å²) in [5, 5.41) is 5.06. The lowest BCUT2D eigenvalue weighted by Gasteiger charge is -2.13. The fraction of sp³-hybridized carbons (Fsp3) is 0. The molecule has 9 aromatic rings. The SMILES string of the molecule is c1ccc(-c2nc(-c3ccc4c(c3)sc3ccccc34)cc(-c3cccnc3-c3cccc4sc5ccccc5c34)n2)cc1. The van der Waals surface area contributed by atoms with E-state index in [9.17, 15) is 0 Å². The Balaban J connectivity index is 1.28. The lowest BCUT2D eigenvalue weighted by atomic mass is 9.97. The van der Waals surface area contributed by atoms with Gasteiger partial charge in [-0.3, -0.25) is 4.98 Å². The van der Waals surface area contributed by atoms with E-state index >= 15 is 0 Å². The van der Waals surface area contributed by atoms with Crippen molar-refractivity contribution in [3.63, 3.8) is 0 Å². The Morgan fingerprint density at radius 3 is 2.00 bits per heavy atom. The zero-order chi connectivity index (χ0) is 29.0. The molecule has 0 amide bonds. The van der Waals surface area contributed by atoms with Gasteiger partial charge in [0.05, 0.1) is 17.1 Å². The van der Waals surface area contributed by atoms with Crippen molar-refractivity contribution in [3.8, 4) is 45.2 Å². The van der Waals surface area contributed by atoms with E-state index in [2.05, 4.69) is 109 Å². The van der Waals surface area contributed by atoms with Crippen LogP contribution in [0.3, 0.4) is 0 Å². The number of pyridine rings is 1. The summed E-state index contributed by atoms with van der Waals surface area (Å²) in [6, 6.07) is 46.9. The average Bonchev–Trinajstić information content (AvgIpc) is 3.66. The maximum absolute atomic E-state index is 5.17. The van der Waals surface area contributed by atoms with Crippen LogP contribution in [0.2, 0.25) is 0 Å². The van der Waals surface area contributed by atoms with Gasteiger partial charge in [-0.15, -0.1) is 22.7 Å². The van der Waals surface area contributed by atoms with Crippen molar-refractivity contribution in [1.29, 1.82) is 0 Å². The molecule has 44 heavy (non-hydrogen) atoms. The van der Waals surface area contributed by atoms with Crippen LogP contribution in [0.25, 0.3) is 85.5 Å². The molecular weight excluding hydrogens is 575 g/mol. The molecule has 0 fully saturated rings. The van der Waals surface area contributed by atoms with Gasteiger partial charge in [-0.25, -0.2) is 9.97 Å². The Bertz CT molecular complexity index is 2510. The monoisotopic (exact) mass is 597 g/mol. The van der Waals surface area contributed by atoms with Crippen LogP contribution in [0, 0.1) is 0 Å². The summed E-state index contributed by atoms with van der Waals surface area (Å²) in [5.41, 5.74) is 6.82. The Morgan fingerprint density at radius 1 is 0.432 bits per heavy atom. The molecule has 3 nitrogen and oxygen atoms in total. The van der Waals surface area contributed by atoms with Crippen LogP contribution in [0.1, 0.15) is 0 Å². The molecule has 0 unspecified atom stereocenters. The maximum Gasteiger partial charge on any atom is 0.160 e. The first-order valence-electron chi connectivity index (χ1n) is 14.5. The Kier molecular flexibility index (Phi) is 5.86. The summed E-state index contributed by atoms with van der Waals surface area (Å²) in [5.74, 6) is 0.698. The molecule has 0 aliphatic rings. The van der Waals surface area contributed by atoms with E-state index < -0.39 is 0 Å². The molecular formula is C39H23N3S2. The molecule has 5 aromatic carbocycles. The van der Waals surface area contributed by atoms with Crippen LogP contribution in [-0.2, 0) is 0 Å². The van der Waals surface area contributed by atoms with Gasteiger partial charge in [0, 0.05) is 68.8 Å². The highest BCUT2D eigenvalue weighted by Crippen LogP contribution is 2.42. The van der Waals surface area contributed by atoms with Crippen molar-refractivity contribution in [2.24, 2.45) is 0 Å². The van der Waals surface area contributed by atoms with Crippen LogP contribution >= 0.6 is 22.7 Å². The topological polar surface area (TPSA) is 38.7 Å². The molecule has 4 aromatic heterocycles. The van der Waals surface area contributed by atoms with Crippen LogP contribution in [0.4, 0.5) is 0 Å². The number of nitrogens with zero attached hydrogens (tertiary/aromatic N) is 3. The second-order valence-corrected chi connectivity index (χ2v) is 13.0. The minimum Gasteiger partial charge on any atom is -0.256 e. The lowest BCUT2D eigenvalue weighted by molar-refractivity contribution is 1.18. The van der Waals surface area contributed by atoms with E-state index in [1.807, 2.05) is 53.1 Å². The summed E-state index contributed by atoms with van der Waals surface area (Å²) < 4.78 is 5.08. The highest BCUT2D eigenvalue weighted by atomic mass is 32.1. The summed E-state index contributed by atoms with van der Waals surface area (Å²) >= 11 is 3.64. The molecule has 0 N–H and O–H groups in total. The smallest absolute Gasteiger partial charge is 0.160 e. The molecule has 0 atom stereocenters. The number of hydrogen-bond donors (Lipinski definition) is 0. The standard InChI is InChI=1S/C39H23N3S2/c1-2-10-24(11-3-1)39-41-31(25-19-20-27-26-12-4-6-16-33(26)44-36(27)22-25)23-32(42-39)28-15-9-21-40-38(28)30-14-8-18-35-37(30)29-13-5-7-17-34(29)43-35/h1-23H. The van der Waals surface area contributed by atoms with Gasteiger partial charge >= 0.3 is 0 Å². The highest BCUT2D eigenvalue weighted by Gasteiger charge is 2.18. The van der Waals surface area contributed by atoms with Gasteiger partial charge in [0.25, 0.3) is 0 Å². The first kappa shape index (κ1) is 25.3. The van der Waals surface area contributed by atoms with E-state index in [1.54, 1.807) is 0 Å². The summed E-state index contributed by atoms with van der Waals surface area (Å²) in [6.45, 7) is 0. The highest BCUT2D eigenvalue weighted by molar-refractivity contribution is 7.26. The zero-order valence-electron chi connectivity index (χ0n) is 23.4. The largest absolute Gasteiger partial charge is 0.256 e. The van der Waals surface area contributed by atoms with Gasteiger partial charge in [0.2, 0.25) is 0 Å². The van der Waals surface area contributed by atoms with E-state index in [4.69, 9.17) is 15.0 Å². The van der Waals surface area contributed by atoms with Gasteiger partial charge in [0.15, 0.2) is 5.82 Å². The maximum atomic E-state index is 5.17. The average molecular weight is 598 g/mol. The zero-order valence-corrected chi connectivity index (χ0v) is 25.1. The van der Waals surface area contributed by atoms with Crippen molar-refractivity contribution < 1.29 is 0 Å². The third kappa shape index (κ3) is 4.13. The molecule has 206 valence electrons. The molecule has 0 saturated heterocycles. The van der Waals surface area contributed by atoms with Gasteiger partial charge in [0.1, 0.15) is 0 Å². The Morgan fingerprint density at radius 2 is 1.11 bits per heavy atom. The second-order valence-electron chi connectivity index (χ2n) is 10.8. The molecule has 0 aliphatic heterocycles. The first-order chi connectivity index (χ1) is 21.8. The third-order valence-electron chi connectivity index (χ3n) is 8.17. The third-order valence-corrected chi connectivity index (χ3v) is 10.4. The molecule has 9 rings (SSSR count). The van der Waals surface area contributed by atoms with Crippen LogP contribution in [0.15, 0.2) is 140 Å². The predicted molar refractivity (Wildman–Crippen MR) is 187 cm³/mol. The van der Waals surface area contributed by atoms with E-state index in [0.717, 1.165) is 39.3 Å². The molecule has 0 radical (unpaired) electrons.